The van der Waals surface area contributed by atoms with Gasteiger partial charge in [-0.25, -0.2) is 8.42 Å². The molecular formula is C14H24N2O2S. The largest absolute Gasteiger partial charge is 0.373 e. The Hall–Kier alpha value is -1.07. The molecule has 0 aliphatic heterocycles. The van der Waals surface area contributed by atoms with Crippen molar-refractivity contribution in [1.29, 1.82) is 0 Å². The molecule has 0 unspecified atom stereocenters. The van der Waals surface area contributed by atoms with Gasteiger partial charge in [-0.2, -0.15) is 0 Å². The van der Waals surface area contributed by atoms with Gasteiger partial charge < -0.3 is 10.2 Å². The van der Waals surface area contributed by atoms with E-state index in [-0.39, 0.29) is 5.75 Å². The lowest BCUT2D eigenvalue weighted by atomic mass is 10.3. The van der Waals surface area contributed by atoms with Crippen LogP contribution in [0.25, 0.3) is 0 Å². The first-order chi connectivity index (χ1) is 9.01. The Balaban J connectivity index is 2.61. The van der Waals surface area contributed by atoms with Crippen LogP contribution in [0.3, 0.4) is 0 Å². The topological polar surface area (TPSA) is 49.4 Å². The summed E-state index contributed by atoms with van der Waals surface area (Å²) in [5.74, 6) is 0.142. The zero-order valence-corrected chi connectivity index (χ0v) is 12.8. The summed E-state index contributed by atoms with van der Waals surface area (Å²) in [4.78, 5) is 2.52. The second-order valence-electron chi connectivity index (χ2n) is 4.57. The predicted molar refractivity (Wildman–Crippen MR) is 80.6 cm³/mol. The van der Waals surface area contributed by atoms with Gasteiger partial charge in [-0.15, -0.1) is 0 Å². The molecule has 108 valence electrons. The molecule has 0 amide bonds. The van der Waals surface area contributed by atoms with Crippen molar-refractivity contribution in [2.45, 2.75) is 25.2 Å². The fraction of sp³-hybridized carbons (Fsp3) is 0.571. The number of anilines is 1. The van der Waals surface area contributed by atoms with E-state index < -0.39 is 9.84 Å². The minimum atomic E-state index is -3.10. The molecule has 0 aliphatic rings. The maximum absolute atomic E-state index is 11.7. The minimum absolute atomic E-state index is 0.142. The number of hydrogen-bond donors (Lipinski definition) is 1. The number of hydrogen-bond acceptors (Lipinski definition) is 4. The lowest BCUT2D eigenvalue weighted by Crippen LogP contribution is -2.29. The molecule has 1 aromatic rings. The highest BCUT2D eigenvalue weighted by molar-refractivity contribution is 7.91. The summed E-state index contributed by atoms with van der Waals surface area (Å²) in [6.07, 6.45) is 1.13. The van der Waals surface area contributed by atoms with Crippen LogP contribution in [0.5, 0.6) is 0 Å². The SMILES string of the molecule is CCCNCCN(C)c1ccc(S(=O)(=O)CC)cc1. The van der Waals surface area contributed by atoms with Gasteiger partial charge in [0, 0.05) is 25.8 Å². The molecule has 19 heavy (non-hydrogen) atoms. The first kappa shape index (κ1) is 16.0. The molecule has 0 aromatic heterocycles. The molecule has 1 rings (SSSR count). The monoisotopic (exact) mass is 284 g/mol. The number of benzene rings is 1. The average Bonchev–Trinajstić information content (AvgIpc) is 2.43. The Morgan fingerprint density at radius 1 is 1.11 bits per heavy atom. The first-order valence-electron chi connectivity index (χ1n) is 6.76. The number of nitrogens with zero attached hydrogens (tertiary/aromatic N) is 1. The molecular weight excluding hydrogens is 260 g/mol. The quantitative estimate of drug-likeness (QED) is 0.741. The second kappa shape index (κ2) is 7.50. The molecule has 0 heterocycles. The summed E-state index contributed by atoms with van der Waals surface area (Å²) in [6.45, 7) is 6.67. The van der Waals surface area contributed by atoms with E-state index in [0.29, 0.717) is 4.90 Å². The highest BCUT2D eigenvalue weighted by Gasteiger charge is 2.11. The van der Waals surface area contributed by atoms with Crippen LogP contribution >= 0.6 is 0 Å². The number of likely N-dealkylation sites (N-methyl/N-ethyl adjacent to an activating group) is 1. The fourth-order valence-corrected chi connectivity index (χ4v) is 2.64. The third kappa shape index (κ3) is 4.84. The van der Waals surface area contributed by atoms with E-state index in [4.69, 9.17) is 0 Å². The lowest BCUT2D eigenvalue weighted by molar-refractivity contribution is 0.597. The molecule has 0 radical (unpaired) electrons. The van der Waals surface area contributed by atoms with Crippen molar-refractivity contribution in [2.24, 2.45) is 0 Å². The number of sulfone groups is 1. The van der Waals surface area contributed by atoms with Crippen molar-refractivity contribution < 1.29 is 8.42 Å². The van der Waals surface area contributed by atoms with Gasteiger partial charge in [0.1, 0.15) is 0 Å². The van der Waals surface area contributed by atoms with Crippen LogP contribution in [0.1, 0.15) is 20.3 Å². The molecule has 0 atom stereocenters. The van der Waals surface area contributed by atoms with Gasteiger partial charge in [-0.1, -0.05) is 13.8 Å². The van der Waals surface area contributed by atoms with Crippen molar-refractivity contribution in [1.82, 2.24) is 5.32 Å². The highest BCUT2D eigenvalue weighted by atomic mass is 32.2. The highest BCUT2D eigenvalue weighted by Crippen LogP contribution is 2.17. The second-order valence-corrected chi connectivity index (χ2v) is 6.85. The van der Waals surface area contributed by atoms with Crippen LogP contribution in [-0.4, -0.2) is 40.9 Å². The van der Waals surface area contributed by atoms with Gasteiger partial charge in [0.15, 0.2) is 9.84 Å². The standard InChI is InChI=1S/C14H24N2O2S/c1-4-10-15-11-12-16(3)13-6-8-14(9-7-13)19(17,18)5-2/h6-9,15H,4-5,10-12H2,1-3H3. The Morgan fingerprint density at radius 2 is 1.74 bits per heavy atom. The minimum Gasteiger partial charge on any atom is -0.373 e. The predicted octanol–water partition coefficient (Wildman–Crippen LogP) is 1.92. The van der Waals surface area contributed by atoms with E-state index in [1.165, 1.54) is 0 Å². The maximum Gasteiger partial charge on any atom is 0.178 e. The van der Waals surface area contributed by atoms with Crippen LogP contribution in [-0.2, 0) is 9.84 Å². The Labute approximate surface area is 116 Å². The van der Waals surface area contributed by atoms with Crippen molar-refractivity contribution >= 4 is 15.5 Å². The van der Waals surface area contributed by atoms with Crippen molar-refractivity contribution in [3.63, 3.8) is 0 Å². The van der Waals surface area contributed by atoms with Crippen molar-refractivity contribution in [3.8, 4) is 0 Å². The van der Waals surface area contributed by atoms with E-state index in [1.54, 1.807) is 19.1 Å². The molecule has 5 heteroatoms. The van der Waals surface area contributed by atoms with Gasteiger partial charge in [-0.3, -0.25) is 0 Å². The van der Waals surface area contributed by atoms with Crippen LogP contribution in [0.15, 0.2) is 29.2 Å². The summed E-state index contributed by atoms with van der Waals surface area (Å²) >= 11 is 0. The molecule has 4 nitrogen and oxygen atoms in total. The van der Waals surface area contributed by atoms with E-state index in [9.17, 15) is 8.42 Å². The molecule has 1 aromatic carbocycles. The number of nitrogens with one attached hydrogen (secondary N) is 1. The molecule has 0 saturated carbocycles. The molecule has 0 spiro atoms. The summed E-state index contributed by atoms with van der Waals surface area (Å²) in [7, 11) is -1.08. The van der Waals surface area contributed by atoms with Gasteiger partial charge in [-0.05, 0) is 37.2 Å². The molecule has 0 bridgehead atoms. The van der Waals surface area contributed by atoms with E-state index in [0.717, 1.165) is 31.7 Å². The Bertz CT molecular complexity index is 469. The van der Waals surface area contributed by atoms with Crippen LogP contribution in [0.4, 0.5) is 5.69 Å². The van der Waals surface area contributed by atoms with E-state index in [1.807, 2.05) is 19.2 Å². The van der Waals surface area contributed by atoms with Gasteiger partial charge in [0.05, 0.1) is 10.6 Å². The molecule has 0 fully saturated rings. The smallest absolute Gasteiger partial charge is 0.178 e. The molecule has 0 saturated heterocycles. The van der Waals surface area contributed by atoms with Crippen LogP contribution in [0.2, 0.25) is 0 Å². The van der Waals surface area contributed by atoms with Crippen LogP contribution in [0, 0.1) is 0 Å². The van der Waals surface area contributed by atoms with Crippen molar-refractivity contribution in [2.75, 3.05) is 37.3 Å². The summed E-state index contributed by atoms with van der Waals surface area (Å²) in [5.41, 5.74) is 1.04. The van der Waals surface area contributed by atoms with Crippen molar-refractivity contribution in [3.05, 3.63) is 24.3 Å². The third-order valence-corrected chi connectivity index (χ3v) is 4.82. The van der Waals surface area contributed by atoms with Gasteiger partial charge in [0.25, 0.3) is 0 Å². The zero-order valence-electron chi connectivity index (χ0n) is 12.0. The van der Waals surface area contributed by atoms with E-state index >= 15 is 0 Å². The Kier molecular flexibility index (Phi) is 6.31. The Morgan fingerprint density at radius 3 is 2.26 bits per heavy atom. The normalized spacial score (nSPS) is 11.5. The van der Waals surface area contributed by atoms with E-state index in [2.05, 4.69) is 17.1 Å². The summed E-state index contributed by atoms with van der Waals surface area (Å²) < 4.78 is 23.4. The molecule has 1 N–H and O–H groups in total. The van der Waals surface area contributed by atoms with Gasteiger partial charge >= 0.3 is 0 Å². The average molecular weight is 284 g/mol. The summed E-state index contributed by atoms with van der Waals surface area (Å²) in [6, 6.07) is 7.10. The molecule has 0 aliphatic carbocycles. The summed E-state index contributed by atoms with van der Waals surface area (Å²) in [5, 5.41) is 3.34. The fourth-order valence-electron chi connectivity index (χ4n) is 1.75. The number of rotatable bonds is 8. The maximum atomic E-state index is 11.7. The van der Waals surface area contributed by atoms with Gasteiger partial charge in [0.2, 0.25) is 0 Å². The zero-order chi connectivity index (χ0) is 14.3. The van der Waals surface area contributed by atoms with Crippen LogP contribution < -0.4 is 10.2 Å². The lowest BCUT2D eigenvalue weighted by Gasteiger charge is -2.19. The first-order valence-corrected chi connectivity index (χ1v) is 8.41. The third-order valence-electron chi connectivity index (χ3n) is 3.07.